The molecule has 4 aromatic carbocycles. The fraction of sp³-hybridized carbons (Fsp3) is 0.294. The summed E-state index contributed by atoms with van der Waals surface area (Å²) in [6.45, 7) is 7.85. The van der Waals surface area contributed by atoms with Crippen LogP contribution < -0.4 is 19.1 Å². The van der Waals surface area contributed by atoms with Crippen molar-refractivity contribution in [3.63, 3.8) is 0 Å². The van der Waals surface area contributed by atoms with Crippen molar-refractivity contribution >= 4 is 21.4 Å². The van der Waals surface area contributed by atoms with Gasteiger partial charge >= 0.3 is 0 Å². The maximum absolute atomic E-state index is 11.9. The summed E-state index contributed by atoms with van der Waals surface area (Å²) in [5.41, 5.74) is 4.42. The van der Waals surface area contributed by atoms with Crippen LogP contribution in [0, 0.1) is 6.92 Å². The first-order valence-corrected chi connectivity index (χ1v) is 15.8. The minimum atomic E-state index is -3.40. The lowest BCUT2D eigenvalue weighted by molar-refractivity contribution is 0.00545. The molecule has 0 heterocycles. The lowest BCUT2D eigenvalue weighted by Gasteiger charge is -2.28. The molecule has 0 atom stereocenters. The molecule has 0 radical (unpaired) electrons. The Hall–Kier alpha value is -4.01. The number of sulfonamides is 1. The third-order valence-corrected chi connectivity index (χ3v) is 7.61. The molecule has 0 aliphatic rings. The quantitative estimate of drug-likeness (QED) is 0.164. The Morgan fingerprint density at radius 2 is 1.43 bits per heavy atom. The van der Waals surface area contributed by atoms with E-state index in [0.29, 0.717) is 31.1 Å². The number of nitrogens with zero attached hydrogens (tertiary/aromatic N) is 1. The molecule has 4 aromatic rings. The number of nitrogens with one attached hydrogen (secondary N) is 1. The van der Waals surface area contributed by atoms with Crippen LogP contribution in [-0.2, 0) is 27.8 Å². The number of rotatable bonds is 14. The average molecular weight is 589 g/mol. The summed E-state index contributed by atoms with van der Waals surface area (Å²) in [5, 5.41) is 0. The number of ether oxygens (including phenoxy) is 3. The summed E-state index contributed by atoms with van der Waals surface area (Å²) < 4.78 is 44.0. The van der Waals surface area contributed by atoms with Gasteiger partial charge in [-0.3, -0.25) is 4.72 Å². The lowest BCUT2D eigenvalue weighted by Crippen LogP contribution is -2.25. The van der Waals surface area contributed by atoms with Gasteiger partial charge in [0.25, 0.3) is 0 Å². The highest BCUT2D eigenvalue weighted by molar-refractivity contribution is 7.92. The number of benzene rings is 4. The average Bonchev–Trinajstić information content (AvgIpc) is 2.95. The van der Waals surface area contributed by atoms with Gasteiger partial charge in [-0.1, -0.05) is 54.6 Å². The van der Waals surface area contributed by atoms with E-state index in [1.54, 1.807) is 13.2 Å². The fourth-order valence-corrected chi connectivity index (χ4v) is 5.09. The zero-order valence-corrected chi connectivity index (χ0v) is 25.8. The standard InChI is InChI=1S/C34H40N2O5S/c1-26-32(35-42(5,37)38)15-10-16-33(26)36(24-27-11-7-6-8-12-27)25-28-17-19-29(20-18-28)41-31-14-9-13-30(23-31)40-22-21-34(2,3)39-4/h6-20,23,35H,21-22,24-25H2,1-5H3. The molecule has 0 aliphatic carbocycles. The largest absolute Gasteiger partial charge is 0.493 e. The Bertz CT molecular complexity index is 1550. The van der Waals surface area contributed by atoms with Crippen molar-refractivity contribution < 1.29 is 22.6 Å². The van der Waals surface area contributed by atoms with Crippen molar-refractivity contribution in [1.29, 1.82) is 0 Å². The Morgan fingerprint density at radius 3 is 2.10 bits per heavy atom. The minimum Gasteiger partial charge on any atom is -0.493 e. The van der Waals surface area contributed by atoms with E-state index in [2.05, 4.69) is 33.9 Å². The van der Waals surface area contributed by atoms with Crippen molar-refractivity contribution in [2.45, 2.75) is 45.9 Å². The normalized spacial score (nSPS) is 11.6. The number of hydrogen-bond donors (Lipinski definition) is 1. The molecule has 42 heavy (non-hydrogen) atoms. The highest BCUT2D eigenvalue weighted by Crippen LogP contribution is 2.31. The second kappa shape index (κ2) is 13.8. The maximum atomic E-state index is 11.9. The topological polar surface area (TPSA) is 77.1 Å². The molecule has 0 unspecified atom stereocenters. The number of methoxy groups -OCH3 is 1. The molecule has 0 amide bonds. The van der Waals surface area contributed by atoms with E-state index in [4.69, 9.17) is 14.2 Å². The van der Waals surface area contributed by atoms with Crippen LogP contribution in [0.4, 0.5) is 11.4 Å². The summed E-state index contributed by atoms with van der Waals surface area (Å²) in [7, 11) is -1.69. The van der Waals surface area contributed by atoms with Crippen molar-refractivity contribution in [2.24, 2.45) is 0 Å². The van der Waals surface area contributed by atoms with Crippen LogP contribution in [0.5, 0.6) is 17.2 Å². The molecule has 8 heteroatoms. The van der Waals surface area contributed by atoms with Gasteiger partial charge in [-0.05, 0) is 73.9 Å². The molecule has 4 rings (SSSR count). The molecule has 7 nitrogen and oxygen atoms in total. The number of hydrogen-bond acceptors (Lipinski definition) is 6. The van der Waals surface area contributed by atoms with Gasteiger partial charge in [0, 0.05) is 38.4 Å². The van der Waals surface area contributed by atoms with Crippen LogP contribution >= 0.6 is 0 Å². The highest BCUT2D eigenvalue weighted by Gasteiger charge is 2.17. The van der Waals surface area contributed by atoms with Crippen LogP contribution in [-0.4, -0.2) is 34.0 Å². The van der Waals surface area contributed by atoms with Gasteiger partial charge in [0.2, 0.25) is 10.0 Å². The first kappa shape index (κ1) is 30.9. The van der Waals surface area contributed by atoms with Crippen LogP contribution in [0.15, 0.2) is 97.1 Å². The van der Waals surface area contributed by atoms with Crippen LogP contribution in [0.25, 0.3) is 0 Å². The molecule has 0 fully saturated rings. The van der Waals surface area contributed by atoms with E-state index < -0.39 is 10.0 Å². The monoisotopic (exact) mass is 588 g/mol. The predicted octanol–water partition coefficient (Wildman–Crippen LogP) is 7.56. The molecule has 1 N–H and O–H groups in total. The Balaban J connectivity index is 1.48. The van der Waals surface area contributed by atoms with Gasteiger partial charge in [-0.25, -0.2) is 8.42 Å². The van der Waals surface area contributed by atoms with Crippen molar-refractivity contribution in [1.82, 2.24) is 0 Å². The first-order chi connectivity index (χ1) is 20.0. The highest BCUT2D eigenvalue weighted by atomic mass is 32.2. The van der Waals surface area contributed by atoms with E-state index in [1.165, 1.54) is 0 Å². The van der Waals surface area contributed by atoms with Gasteiger partial charge in [-0.15, -0.1) is 0 Å². The third-order valence-electron chi connectivity index (χ3n) is 7.02. The summed E-state index contributed by atoms with van der Waals surface area (Å²) in [5.74, 6) is 2.17. The van der Waals surface area contributed by atoms with Gasteiger partial charge in [-0.2, -0.15) is 0 Å². The second-order valence-electron chi connectivity index (χ2n) is 10.9. The summed E-state index contributed by atoms with van der Waals surface area (Å²) in [6.07, 6.45) is 1.94. The van der Waals surface area contributed by atoms with Crippen LogP contribution in [0.2, 0.25) is 0 Å². The van der Waals surface area contributed by atoms with E-state index in [-0.39, 0.29) is 5.60 Å². The van der Waals surface area contributed by atoms with Gasteiger partial charge in [0.05, 0.1) is 24.2 Å². The fourth-order valence-electron chi connectivity index (χ4n) is 4.47. The SMILES string of the molecule is COC(C)(C)CCOc1cccc(Oc2ccc(CN(Cc3ccccc3)c3cccc(NS(C)(=O)=O)c3C)cc2)c1. The van der Waals surface area contributed by atoms with Crippen LogP contribution in [0.1, 0.15) is 37.0 Å². The smallest absolute Gasteiger partial charge is 0.229 e. The summed E-state index contributed by atoms with van der Waals surface area (Å²) >= 11 is 0. The second-order valence-corrected chi connectivity index (χ2v) is 12.7. The molecule has 0 saturated heterocycles. The first-order valence-electron chi connectivity index (χ1n) is 13.9. The molecule has 222 valence electrons. The zero-order chi connectivity index (χ0) is 30.2. The molecular weight excluding hydrogens is 548 g/mol. The van der Waals surface area contributed by atoms with E-state index in [9.17, 15) is 8.42 Å². The minimum absolute atomic E-state index is 0.235. The lowest BCUT2D eigenvalue weighted by atomic mass is 10.1. The maximum Gasteiger partial charge on any atom is 0.229 e. The predicted molar refractivity (Wildman–Crippen MR) is 170 cm³/mol. The summed E-state index contributed by atoms with van der Waals surface area (Å²) in [4.78, 5) is 2.25. The Kier molecular flexibility index (Phi) is 10.1. The molecule has 0 aliphatic heterocycles. The Labute approximate surface area is 250 Å². The van der Waals surface area contributed by atoms with Crippen LogP contribution in [0.3, 0.4) is 0 Å². The third kappa shape index (κ3) is 9.26. The van der Waals surface area contributed by atoms with Crippen molar-refractivity contribution in [3.05, 3.63) is 114 Å². The molecular formula is C34H40N2O5S. The van der Waals surface area contributed by atoms with Gasteiger partial charge in [0.1, 0.15) is 17.2 Å². The Morgan fingerprint density at radius 1 is 0.786 bits per heavy atom. The van der Waals surface area contributed by atoms with E-state index in [0.717, 1.165) is 46.6 Å². The molecule has 0 bridgehead atoms. The van der Waals surface area contributed by atoms with Crippen molar-refractivity contribution in [3.8, 4) is 17.2 Å². The van der Waals surface area contributed by atoms with Crippen molar-refractivity contribution in [2.75, 3.05) is 29.6 Å². The number of anilines is 2. The van der Waals surface area contributed by atoms with E-state index >= 15 is 0 Å². The van der Waals surface area contributed by atoms with Gasteiger partial charge in [0.15, 0.2) is 0 Å². The van der Waals surface area contributed by atoms with Gasteiger partial charge < -0.3 is 19.1 Å². The zero-order valence-electron chi connectivity index (χ0n) is 25.0. The molecule has 0 saturated carbocycles. The molecule has 0 aromatic heterocycles. The summed E-state index contributed by atoms with van der Waals surface area (Å²) in [6, 6.07) is 31.5. The molecule has 0 spiro atoms. The van der Waals surface area contributed by atoms with E-state index in [1.807, 2.05) is 87.5 Å².